The van der Waals surface area contributed by atoms with Gasteiger partial charge < -0.3 is 24.3 Å². The van der Waals surface area contributed by atoms with E-state index in [9.17, 15) is 4.79 Å². The molecule has 1 saturated heterocycles. The quantitative estimate of drug-likeness (QED) is 0.322. The van der Waals surface area contributed by atoms with E-state index in [0.717, 1.165) is 95.6 Å². The molecule has 0 bridgehead atoms. The van der Waals surface area contributed by atoms with E-state index in [1.54, 1.807) is 17.4 Å². The summed E-state index contributed by atoms with van der Waals surface area (Å²) in [5, 5.41) is 0.895. The lowest BCUT2D eigenvalue weighted by Crippen LogP contribution is -2.36. The summed E-state index contributed by atoms with van der Waals surface area (Å²) >= 11 is 0. The van der Waals surface area contributed by atoms with Crippen LogP contribution in [0.4, 0.5) is 11.5 Å². The van der Waals surface area contributed by atoms with E-state index in [4.69, 9.17) is 19.4 Å². The number of aromatic nitrogens is 6. The molecular formula is C32H30N8O3. The number of hydrogen-bond donors (Lipinski definition) is 1. The van der Waals surface area contributed by atoms with Crippen LogP contribution in [0.3, 0.4) is 0 Å². The van der Waals surface area contributed by atoms with Crippen LogP contribution >= 0.6 is 0 Å². The second-order valence-electron chi connectivity index (χ2n) is 11.1. The van der Waals surface area contributed by atoms with Crippen molar-refractivity contribution in [2.75, 3.05) is 49.3 Å². The third-order valence-corrected chi connectivity index (χ3v) is 8.41. The third-order valence-electron chi connectivity index (χ3n) is 8.41. The molecular weight excluding hydrogens is 544 g/mol. The van der Waals surface area contributed by atoms with Gasteiger partial charge in [-0.15, -0.1) is 0 Å². The number of nitrogens with one attached hydrogen (secondary N) is 1. The smallest absolute Gasteiger partial charge is 0.265 e. The average molecular weight is 575 g/mol. The normalized spacial score (nSPS) is 17.1. The molecule has 1 N–H and O–H groups in total. The van der Waals surface area contributed by atoms with Crippen LogP contribution in [0.2, 0.25) is 0 Å². The molecule has 2 aliphatic heterocycles. The molecule has 1 aromatic carbocycles. The van der Waals surface area contributed by atoms with Crippen LogP contribution in [0.25, 0.3) is 33.5 Å². The Hall–Kier alpha value is -4.90. The standard InChI is InChI=1S/C32H30N8O3/c1-19-22(3-2-4-26(19)40-11-14-43-31-24(32(40)41)17-34-29(38-31)20-5-6-20)28-23-15-25(37-30(23)36-18-35-28)21-7-8-27(33-16-21)39-9-12-42-13-10-39/h2-4,7-8,15-18,20H,5-6,9-14H2,1H3,(H,35,36,37). The fraction of sp³-hybridized carbons (Fsp3) is 0.312. The molecule has 4 aromatic heterocycles. The summed E-state index contributed by atoms with van der Waals surface area (Å²) in [6, 6.07) is 12.1. The van der Waals surface area contributed by atoms with Gasteiger partial charge in [-0.25, -0.2) is 19.9 Å². The fourth-order valence-corrected chi connectivity index (χ4v) is 5.89. The zero-order valence-electron chi connectivity index (χ0n) is 23.8. The van der Waals surface area contributed by atoms with Crippen LogP contribution in [-0.2, 0) is 4.74 Å². The van der Waals surface area contributed by atoms with Crippen LogP contribution in [0.5, 0.6) is 5.88 Å². The molecule has 11 heteroatoms. The summed E-state index contributed by atoms with van der Waals surface area (Å²) < 4.78 is 11.4. The number of hydrogen-bond acceptors (Lipinski definition) is 9. The molecule has 6 heterocycles. The second-order valence-corrected chi connectivity index (χ2v) is 11.1. The van der Waals surface area contributed by atoms with Crippen molar-refractivity contribution >= 4 is 28.4 Å². The largest absolute Gasteiger partial charge is 0.475 e. The molecule has 0 unspecified atom stereocenters. The number of amides is 1. The Balaban J connectivity index is 1.12. The van der Waals surface area contributed by atoms with Crippen molar-refractivity contribution < 1.29 is 14.3 Å². The Labute approximate surface area is 247 Å². The number of ether oxygens (including phenoxy) is 2. The van der Waals surface area contributed by atoms with Gasteiger partial charge in [0.1, 0.15) is 35.8 Å². The Kier molecular flexibility index (Phi) is 6.25. The maximum absolute atomic E-state index is 13.8. The van der Waals surface area contributed by atoms with Gasteiger partial charge in [0.05, 0.1) is 25.5 Å². The maximum Gasteiger partial charge on any atom is 0.265 e. The van der Waals surface area contributed by atoms with Crippen LogP contribution in [-0.4, -0.2) is 75.3 Å². The van der Waals surface area contributed by atoms with E-state index in [0.29, 0.717) is 30.5 Å². The van der Waals surface area contributed by atoms with Gasteiger partial charge in [0, 0.05) is 59.3 Å². The molecule has 3 aliphatic rings. The highest BCUT2D eigenvalue weighted by molar-refractivity contribution is 6.08. The number of carbonyl (C=O) groups excluding carboxylic acids is 1. The summed E-state index contributed by atoms with van der Waals surface area (Å²) in [5.74, 6) is 2.30. The number of aromatic amines is 1. The third kappa shape index (κ3) is 4.65. The van der Waals surface area contributed by atoms with Gasteiger partial charge in [0.2, 0.25) is 5.88 Å². The van der Waals surface area contributed by atoms with Crippen molar-refractivity contribution in [2.45, 2.75) is 25.7 Å². The Morgan fingerprint density at radius 2 is 1.81 bits per heavy atom. The summed E-state index contributed by atoms with van der Waals surface area (Å²) in [7, 11) is 0. The van der Waals surface area contributed by atoms with Crippen LogP contribution < -0.4 is 14.5 Å². The lowest BCUT2D eigenvalue weighted by molar-refractivity contribution is 0.0989. The minimum Gasteiger partial charge on any atom is -0.475 e. The lowest BCUT2D eigenvalue weighted by Gasteiger charge is -2.27. The summed E-state index contributed by atoms with van der Waals surface area (Å²) in [5.41, 5.74) is 6.46. The van der Waals surface area contributed by atoms with Gasteiger partial charge in [-0.1, -0.05) is 12.1 Å². The molecule has 0 radical (unpaired) electrons. The minimum absolute atomic E-state index is 0.167. The number of benzene rings is 1. The van der Waals surface area contributed by atoms with Crippen molar-refractivity contribution in [3.8, 4) is 28.4 Å². The van der Waals surface area contributed by atoms with Gasteiger partial charge in [-0.05, 0) is 49.6 Å². The molecule has 0 spiro atoms. The highest BCUT2D eigenvalue weighted by Crippen LogP contribution is 2.40. The molecule has 43 heavy (non-hydrogen) atoms. The number of pyridine rings is 1. The second kappa shape index (κ2) is 10.4. The van der Waals surface area contributed by atoms with Crippen LogP contribution in [0, 0.1) is 6.92 Å². The topological polar surface area (TPSA) is 122 Å². The van der Waals surface area contributed by atoms with Gasteiger partial charge in [0.15, 0.2) is 0 Å². The Morgan fingerprint density at radius 1 is 0.930 bits per heavy atom. The number of fused-ring (bicyclic) bond motifs is 2. The van der Waals surface area contributed by atoms with E-state index in [-0.39, 0.29) is 5.91 Å². The highest BCUT2D eigenvalue weighted by Gasteiger charge is 2.32. The molecule has 2 fully saturated rings. The Morgan fingerprint density at radius 3 is 2.63 bits per heavy atom. The predicted molar refractivity (Wildman–Crippen MR) is 162 cm³/mol. The minimum atomic E-state index is -0.167. The van der Waals surface area contributed by atoms with Gasteiger partial charge in [0.25, 0.3) is 5.91 Å². The highest BCUT2D eigenvalue weighted by atomic mass is 16.5. The van der Waals surface area contributed by atoms with Gasteiger partial charge >= 0.3 is 0 Å². The first-order valence-electron chi connectivity index (χ1n) is 14.7. The first-order valence-corrected chi connectivity index (χ1v) is 14.7. The van der Waals surface area contributed by atoms with E-state index < -0.39 is 0 Å². The van der Waals surface area contributed by atoms with E-state index >= 15 is 0 Å². The van der Waals surface area contributed by atoms with Crippen molar-refractivity contribution in [1.29, 1.82) is 0 Å². The van der Waals surface area contributed by atoms with Crippen molar-refractivity contribution in [2.24, 2.45) is 0 Å². The summed E-state index contributed by atoms with van der Waals surface area (Å²) in [4.78, 5) is 44.2. The molecule has 216 valence electrons. The molecule has 8 rings (SSSR count). The fourth-order valence-electron chi connectivity index (χ4n) is 5.89. The van der Waals surface area contributed by atoms with Crippen molar-refractivity contribution in [1.82, 2.24) is 29.9 Å². The molecule has 5 aromatic rings. The molecule has 1 saturated carbocycles. The average Bonchev–Trinajstić information content (AvgIpc) is 3.83. The molecule has 11 nitrogen and oxygen atoms in total. The zero-order chi connectivity index (χ0) is 28.9. The number of anilines is 2. The molecule has 1 amide bonds. The SMILES string of the molecule is Cc1c(-c2ncnc3[nH]c(-c4ccc(N5CCOCC5)nc4)cc23)cccc1N1CCOc2nc(C3CC3)ncc2C1=O. The van der Waals surface area contributed by atoms with E-state index in [1.807, 2.05) is 37.4 Å². The number of H-pyrrole nitrogens is 1. The number of rotatable bonds is 5. The monoisotopic (exact) mass is 574 g/mol. The number of morpholine rings is 1. The summed E-state index contributed by atoms with van der Waals surface area (Å²) in [6.45, 7) is 5.89. The van der Waals surface area contributed by atoms with E-state index in [2.05, 4.69) is 37.0 Å². The van der Waals surface area contributed by atoms with Crippen LogP contribution in [0.15, 0.2) is 55.1 Å². The molecule has 1 aliphatic carbocycles. The van der Waals surface area contributed by atoms with Crippen molar-refractivity contribution in [3.63, 3.8) is 0 Å². The lowest BCUT2D eigenvalue weighted by atomic mass is 10.0. The van der Waals surface area contributed by atoms with E-state index in [1.165, 1.54) is 0 Å². The predicted octanol–water partition coefficient (Wildman–Crippen LogP) is 4.54. The maximum atomic E-state index is 13.8. The molecule has 0 atom stereocenters. The van der Waals surface area contributed by atoms with Gasteiger partial charge in [-0.2, -0.15) is 4.98 Å². The van der Waals surface area contributed by atoms with Gasteiger partial charge in [-0.3, -0.25) is 4.79 Å². The number of nitrogens with zero attached hydrogens (tertiary/aromatic N) is 7. The first-order chi connectivity index (χ1) is 21.1. The zero-order valence-corrected chi connectivity index (χ0v) is 23.8. The number of carbonyl (C=O) groups is 1. The summed E-state index contributed by atoms with van der Waals surface area (Å²) in [6.07, 6.45) is 7.24. The van der Waals surface area contributed by atoms with Crippen molar-refractivity contribution in [3.05, 3.63) is 72.1 Å². The first kappa shape index (κ1) is 25.8. The van der Waals surface area contributed by atoms with Crippen LogP contribution in [0.1, 0.15) is 40.5 Å². The Bertz CT molecular complexity index is 1840.